The van der Waals surface area contributed by atoms with Crippen molar-refractivity contribution in [3.8, 4) is 72.7 Å². The van der Waals surface area contributed by atoms with Gasteiger partial charge in [0.25, 0.3) is 6.71 Å². The van der Waals surface area contributed by atoms with Gasteiger partial charge in [0, 0.05) is 100 Å². The van der Waals surface area contributed by atoms with Crippen molar-refractivity contribution in [1.82, 2.24) is 13.7 Å². The monoisotopic (exact) mass is 1640 g/mol. The largest absolute Gasteiger partial charge is 0.311 e. The molecule has 0 unspecified atom stereocenters. The number of fused-ring (bicyclic) bond motifs is 13. The minimum atomic E-state index is -0.531. The predicted octanol–water partition coefficient (Wildman–Crippen LogP) is 30.8. The van der Waals surface area contributed by atoms with E-state index in [1.54, 1.807) is 0 Å². The Kier molecular flexibility index (Phi) is 16.7. The summed E-state index contributed by atoms with van der Waals surface area (Å²) in [6.45, 7) is 20.3. The quantitative estimate of drug-likeness (QED) is 0.108. The molecule has 7 heteroatoms. The van der Waals surface area contributed by atoms with Gasteiger partial charge in [-0.1, -0.05) is 317 Å². The third kappa shape index (κ3) is 12.9. The molecule has 0 saturated heterocycles. The first-order valence-corrected chi connectivity index (χ1v) is 44.2. The Hall–Kier alpha value is -15.2. The molecule has 0 aliphatic carbocycles. The molecule has 23 rings (SSSR count). The zero-order chi connectivity index (χ0) is 90.1. The average Bonchev–Trinajstić information content (AvgIpc) is 0.749. The molecular formula is C120H95BN6. The molecule has 0 saturated carbocycles. The SMILES string of the molecule is [2H]c1c([2H])c([2H])c(-c2ccc3c(c2)N(c2cc(-c4ccccc4)cc(-c4ccccc4)c2)c2cc(N(c4ccc(-n5c6ccccc6c6ccccc65)cc4)c4ccc(-n5c6ccccc6c6ccccc65)cc4)cc4c2B3c2ccc(-n3c5ccc(C(C)(C)C)cc5c5cc(C(C)(C)C)ccc53)cc2N4c2c(-c3ccccc3)cc(C(C)(C)C)cc2-c2ccccc2)c([2H])c1[2H]. The molecule has 608 valence electrons. The van der Waals surface area contributed by atoms with Crippen LogP contribution in [-0.4, -0.2) is 20.4 Å². The summed E-state index contributed by atoms with van der Waals surface area (Å²) in [5.41, 5.74) is 32.6. The molecule has 0 N–H and O–H groups in total. The Labute approximate surface area is 750 Å². The maximum Gasteiger partial charge on any atom is 0.252 e. The van der Waals surface area contributed by atoms with Gasteiger partial charge in [-0.25, -0.2) is 0 Å². The van der Waals surface area contributed by atoms with E-state index in [0.717, 1.165) is 162 Å². The van der Waals surface area contributed by atoms with Gasteiger partial charge in [0.2, 0.25) is 0 Å². The lowest BCUT2D eigenvalue weighted by Crippen LogP contribution is -2.61. The van der Waals surface area contributed by atoms with Crippen molar-refractivity contribution in [3.05, 3.63) is 429 Å². The summed E-state index contributed by atoms with van der Waals surface area (Å²) in [7, 11) is 0. The second-order valence-corrected chi connectivity index (χ2v) is 37.3. The first-order valence-electron chi connectivity index (χ1n) is 46.7. The molecule has 5 heterocycles. The molecule has 18 aromatic carbocycles. The van der Waals surface area contributed by atoms with E-state index in [9.17, 15) is 5.48 Å². The van der Waals surface area contributed by atoms with Gasteiger partial charge < -0.3 is 28.4 Å². The van der Waals surface area contributed by atoms with Gasteiger partial charge in [0.15, 0.2) is 0 Å². The molecule has 6 nitrogen and oxygen atoms in total. The molecule has 2 aliphatic heterocycles. The molecule has 2 aliphatic rings. The van der Waals surface area contributed by atoms with Crippen LogP contribution in [0.2, 0.25) is 0 Å². The van der Waals surface area contributed by atoms with Crippen LogP contribution < -0.4 is 31.1 Å². The predicted molar refractivity (Wildman–Crippen MR) is 541 cm³/mol. The molecular weight excluding hydrogens is 1540 g/mol. The van der Waals surface area contributed by atoms with Crippen molar-refractivity contribution >= 4 is 140 Å². The minimum Gasteiger partial charge on any atom is -0.311 e. The molecule has 0 fully saturated rings. The number of anilines is 9. The molecule has 3 aromatic heterocycles. The maximum absolute atomic E-state index is 9.85. The zero-order valence-corrected chi connectivity index (χ0v) is 72.6. The molecule has 21 aromatic rings. The summed E-state index contributed by atoms with van der Waals surface area (Å²) in [6, 6.07) is 139. The molecule has 0 spiro atoms. The Balaban J connectivity index is 0.891. The van der Waals surface area contributed by atoms with Gasteiger partial charge in [-0.2, -0.15) is 0 Å². The van der Waals surface area contributed by atoms with Gasteiger partial charge >= 0.3 is 0 Å². The maximum atomic E-state index is 9.85. The van der Waals surface area contributed by atoms with Crippen molar-refractivity contribution < 1.29 is 6.85 Å². The van der Waals surface area contributed by atoms with Crippen molar-refractivity contribution in [2.45, 2.75) is 78.6 Å². The summed E-state index contributed by atoms with van der Waals surface area (Å²) in [4.78, 5) is 7.53. The number of rotatable bonds is 13. The van der Waals surface area contributed by atoms with E-state index in [4.69, 9.17) is 1.37 Å². The number of benzene rings is 18. The average molecular weight is 1640 g/mol. The van der Waals surface area contributed by atoms with Crippen LogP contribution in [0, 0.1) is 0 Å². The van der Waals surface area contributed by atoms with Crippen LogP contribution in [0.3, 0.4) is 0 Å². The Bertz CT molecular complexity index is 7780. The summed E-state index contributed by atoms with van der Waals surface area (Å²) < 4.78 is 54.6. The first-order chi connectivity index (χ1) is 64.0. The van der Waals surface area contributed by atoms with Gasteiger partial charge in [0.05, 0.1) is 51.3 Å². The van der Waals surface area contributed by atoms with E-state index >= 15 is 0 Å². The highest BCUT2D eigenvalue weighted by atomic mass is 15.2. The molecule has 0 radical (unpaired) electrons. The lowest BCUT2D eigenvalue weighted by atomic mass is 9.33. The number of para-hydroxylation sites is 4. The fourth-order valence-corrected chi connectivity index (χ4v) is 20.2. The Morgan fingerprint density at radius 3 is 1.06 bits per heavy atom. The highest BCUT2D eigenvalue weighted by Crippen LogP contribution is 2.56. The lowest BCUT2D eigenvalue weighted by molar-refractivity contribution is 0.590. The second-order valence-electron chi connectivity index (χ2n) is 37.3. The van der Waals surface area contributed by atoms with Crippen molar-refractivity contribution in [1.29, 1.82) is 0 Å². The zero-order valence-electron chi connectivity index (χ0n) is 77.6. The number of nitrogens with zero attached hydrogens (tertiary/aromatic N) is 6. The van der Waals surface area contributed by atoms with Crippen LogP contribution in [0.15, 0.2) is 412 Å². The lowest BCUT2D eigenvalue weighted by Gasteiger charge is -2.46. The summed E-state index contributed by atoms with van der Waals surface area (Å²) in [5, 5.41) is 7.08. The van der Waals surface area contributed by atoms with E-state index < -0.39 is 24.8 Å². The normalized spacial score (nSPS) is 13.3. The van der Waals surface area contributed by atoms with Gasteiger partial charge in [-0.3, -0.25) is 0 Å². The van der Waals surface area contributed by atoms with Gasteiger partial charge in [0.1, 0.15) is 0 Å². The summed E-state index contributed by atoms with van der Waals surface area (Å²) >= 11 is 0. The van der Waals surface area contributed by atoms with E-state index in [1.807, 2.05) is 6.07 Å². The summed E-state index contributed by atoms with van der Waals surface area (Å²) in [5.74, 6) is 0. The van der Waals surface area contributed by atoms with Crippen LogP contribution in [0.5, 0.6) is 0 Å². The standard InChI is InChI=1S/C120H95BN6/c1-118(2,3)86-52-65-110-102(71-86)103-72-87(119(4,5)6)53-66-111(103)125(110)93-62-64-105-113(75-93)127(117-100(81-39-21-13-22-40-81)73-88(120(7,8)9)74-101(117)82-41-23-14-24-42-82)115-77-95(76-114-116(115)121(105)104-63-51-83(78-33-15-10-16-34-78)70-112(104)126(114)94-68-84(79-35-17-11-18-36-79)67-85(69-94)80-37-19-12-20-38-80)122(89-54-58-91(59-55-89)123-106-47-29-25-43-96(106)97-44-26-30-48-107(97)123)90-56-60-92(61-57-90)124-108-49-31-27-45-98(108)99-46-28-32-50-109(99)124/h10-77H,1-9H3/i10D,15D,16D,33D,34D. The van der Waals surface area contributed by atoms with Crippen LogP contribution in [-0.2, 0) is 16.2 Å². The van der Waals surface area contributed by atoms with Crippen molar-refractivity contribution in [3.63, 3.8) is 0 Å². The first kappa shape index (κ1) is 71.3. The van der Waals surface area contributed by atoms with Crippen molar-refractivity contribution in [2.24, 2.45) is 0 Å². The van der Waals surface area contributed by atoms with Crippen LogP contribution >= 0.6 is 0 Å². The van der Waals surface area contributed by atoms with Gasteiger partial charge in [-0.05, 0) is 252 Å². The topological polar surface area (TPSA) is 24.5 Å². The minimum absolute atomic E-state index is 0.114. The molecule has 0 atom stereocenters. The fraction of sp³-hybridized carbons (Fsp3) is 0.100. The van der Waals surface area contributed by atoms with Crippen LogP contribution in [0.4, 0.5) is 51.2 Å². The fourth-order valence-electron chi connectivity index (χ4n) is 20.2. The third-order valence-corrected chi connectivity index (χ3v) is 26.5. The second kappa shape index (κ2) is 29.8. The number of aromatic nitrogens is 3. The van der Waals surface area contributed by atoms with E-state index in [2.05, 4.69) is 467 Å². The van der Waals surface area contributed by atoms with Crippen LogP contribution in [0.25, 0.3) is 138 Å². The van der Waals surface area contributed by atoms with E-state index in [1.165, 1.54) is 49.0 Å². The van der Waals surface area contributed by atoms with E-state index in [-0.39, 0.29) is 33.9 Å². The van der Waals surface area contributed by atoms with Crippen molar-refractivity contribution in [2.75, 3.05) is 14.7 Å². The summed E-state index contributed by atoms with van der Waals surface area (Å²) in [6.07, 6.45) is 0. The highest BCUT2D eigenvalue weighted by Gasteiger charge is 2.46. The number of hydrogen-bond donors (Lipinski definition) is 0. The Morgan fingerprint density at radius 1 is 0.244 bits per heavy atom. The third-order valence-electron chi connectivity index (χ3n) is 26.5. The van der Waals surface area contributed by atoms with Crippen LogP contribution in [0.1, 0.15) is 85.9 Å². The highest BCUT2D eigenvalue weighted by molar-refractivity contribution is 7.00. The molecule has 127 heavy (non-hydrogen) atoms. The van der Waals surface area contributed by atoms with E-state index in [0.29, 0.717) is 5.56 Å². The smallest absolute Gasteiger partial charge is 0.252 e. The van der Waals surface area contributed by atoms with Gasteiger partial charge in [-0.15, -0.1) is 0 Å². The molecule has 0 bridgehead atoms. The Morgan fingerprint density at radius 2 is 0.622 bits per heavy atom. The molecule has 0 amide bonds. The number of hydrogen-bond acceptors (Lipinski definition) is 3.